The molecule has 0 spiro atoms. The number of rotatable bonds is 3. The number of hydrogen-bond donors (Lipinski definition) is 0. The van der Waals surface area contributed by atoms with Gasteiger partial charge in [0.15, 0.2) is 0 Å². The predicted octanol–water partition coefficient (Wildman–Crippen LogP) is 3.60. The Morgan fingerprint density at radius 3 is 2.91 bits per heavy atom. The molecular formula is C16H16ClN3O2. The smallest absolute Gasteiger partial charge is 0.410 e. The molecular weight excluding hydrogens is 302 g/mol. The third-order valence-corrected chi connectivity index (χ3v) is 4.03. The van der Waals surface area contributed by atoms with Gasteiger partial charge in [0.25, 0.3) is 0 Å². The molecule has 114 valence electrons. The largest absolute Gasteiger partial charge is 0.445 e. The van der Waals surface area contributed by atoms with Crippen LogP contribution in [0.15, 0.2) is 42.6 Å². The van der Waals surface area contributed by atoms with Gasteiger partial charge in [0.2, 0.25) is 0 Å². The summed E-state index contributed by atoms with van der Waals surface area (Å²) in [5, 5.41) is 8.47. The summed E-state index contributed by atoms with van der Waals surface area (Å²) in [5.74, 6) is 0. The van der Waals surface area contributed by atoms with Crippen LogP contribution in [-0.4, -0.2) is 27.7 Å². The summed E-state index contributed by atoms with van der Waals surface area (Å²) in [4.78, 5) is 14.0. The zero-order valence-corrected chi connectivity index (χ0v) is 12.7. The Kier molecular flexibility index (Phi) is 4.53. The number of likely N-dealkylation sites (tertiary alicyclic amines) is 1. The van der Waals surface area contributed by atoms with E-state index in [1.54, 1.807) is 17.2 Å². The van der Waals surface area contributed by atoms with Gasteiger partial charge >= 0.3 is 6.09 Å². The zero-order valence-electron chi connectivity index (χ0n) is 12.0. The number of amides is 1. The van der Waals surface area contributed by atoms with Crippen molar-refractivity contribution in [1.29, 1.82) is 0 Å². The van der Waals surface area contributed by atoms with Crippen molar-refractivity contribution in [2.75, 3.05) is 6.54 Å². The van der Waals surface area contributed by atoms with Gasteiger partial charge in [-0.25, -0.2) is 4.79 Å². The van der Waals surface area contributed by atoms with Crippen molar-refractivity contribution in [2.24, 2.45) is 0 Å². The number of aromatic nitrogens is 2. The van der Waals surface area contributed by atoms with Crippen molar-refractivity contribution >= 4 is 17.7 Å². The highest BCUT2D eigenvalue weighted by Gasteiger charge is 2.33. The van der Waals surface area contributed by atoms with E-state index in [1.807, 2.05) is 30.3 Å². The first-order valence-electron chi connectivity index (χ1n) is 7.20. The monoisotopic (exact) mass is 317 g/mol. The molecule has 0 unspecified atom stereocenters. The number of carbonyl (C=O) groups is 1. The van der Waals surface area contributed by atoms with Crippen molar-refractivity contribution in [3.05, 3.63) is 58.9 Å². The average molecular weight is 318 g/mol. The first kappa shape index (κ1) is 14.8. The van der Waals surface area contributed by atoms with E-state index in [1.165, 1.54) is 0 Å². The van der Waals surface area contributed by atoms with Crippen LogP contribution >= 0.6 is 11.6 Å². The number of benzene rings is 1. The van der Waals surface area contributed by atoms with E-state index in [9.17, 15) is 4.79 Å². The van der Waals surface area contributed by atoms with Crippen LogP contribution in [0.1, 0.15) is 30.1 Å². The first-order chi connectivity index (χ1) is 10.8. The van der Waals surface area contributed by atoms with Gasteiger partial charge in [-0.15, -0.1) is 0 Å². The summed E-state index contributed by atoms with van der Waals surface area (Å²) in [6.45, 7) is 0.905. The molecule has 22 heavy (non-hydrogen) atoms. The third-order valence-electron chi connectivity index (χ3n) is 3.71. The Hall–Kier alpha value is -2.14. The number of carbonyl (C=O) groups excluding carboxylic acids is 1. The SMILES string of the molecule is O=C(OCc1ccccc1)N1CCC[C@@H]1c1nnccc1Cl. The molecule has 5 nitrogen and oxygen atoms in total. The maximum Gasteiger partial charge on any atom is 0.410 e. The fourth-order valence-corrected chi connectivity index (χ4v) is 2.85. The van der Waals surface area contributed by atoms with E-state index in [-0.39, 0.29) is 18.7 Å². The fourth-order valence-electron chi connectivity index (χ4n) is 2.62. The Bertz CT molecular complexity index is 651. The molecule has 0 bridgehead atoms. The molecule has 1 aliphatic heterocycles. The molecule has 1 aromatic heterocycles. The van der Waals surface area contributed by atoms with Gasteiger partial charge in [-0.1, -0.05) is 41.9 Å². The summed E-state index contributed by atoms with van der Waals surface area (Å²) in [7, 11) is 0. The van der Waals surface area contributed by atoms with Crippen LogP contribution in [0, 0.1) is 0 Å². The van der Waals surface area contributed by atoms with Crippen LogP contribution in [-0.2, 0) is 11.3 Å². The van der Waals surface area contributed by atoms with E-state index in [2.05, 4.69) is 10.2 Å². The first-order valence-corrected chi connectivity index (χ1v) is 7.58. The second-order valence-electron chi connectivity index (χ2n) is 5.16. The molecule has 0 saturated carbocycles. The van der Waals surface area contributed by atoms with E-state index in [0.717, 1.165) is 18.4 Å². The van der Waals surface area contributed by atoms with E-state index in [0.29, 0.717) is 17.3 Å². The Morgan fingerprint density at radius 1 is 1.32 bits per heavy atom. The Balaban J connectivity index is 1.68. The normalized spacial score (nSPS) is 17.5. The van der Waals surface area contributed by atoms with Crippen LogP contribution in [0.4, 0.5) is 4.79 Å². The van der Waals surface area contributed by atoms with Crippen LogP contribution in [0.25, 0.3) is 0 Å². The fraction of sp³-hybridized carbons (Fsp3) is 0.312. The highest BCUT2D eigenvalue weighted by molar-refractivity contribution is 6.31. The summed E-state index contributed by atoms with van der Waals surface area (Å²) < 4.78 is 5.40. The number of ether oxygens (including phenoxy) is 1. The number of halogens is 1. The molecule has 1 fully saturated rings. The second kappa shape index (κ2) is 6.75. The van der Waals surface area contributed by atoms with Crippen LogP contribution in [0.2, 0.25) is 5.02 Å². The highest BCUT2D eigenvalue weighted by atomic mass is 35.5. The molecule has 1 aliphatic rings. The van der Waals surface area contributed by atoms with Gasteiger partial charge in [0.05, 0.1) is 17.3 Å². The summed E-state index contributed by atoms with van der Waals surface area (Å²) in [6.07, 6.45) is 2.92. The minimum Gasteiger partial charge on any atom is -0.445 e. The van der Waals surface area contributed by atoms with Crippen LogP contribution in [0.3, 0.4) is 0 Å². The van der Waals surface area contributed by atoms with Gasteiger partial charge < -0.3 is 4.74 Å². The van der Waals surface area contributed by atoms with E-state index in [4.69, 9.17) is 16.3 Å². The Morgan fingerprint density at radius 2 is 2.14 bits per heavy atom. The molecule has 0 aliphatic carbocycles. The standard InChI is InChI=1S/C16H16ClN3O2/c17-13-8-9-18-19-15(13)14-7-4-10-20(14)16(21)22-11-12-5-2-1-3-6-12/h1-3,5-6,8-9,14H,4,7,10-11H2/t14-/m1/s1. The third kappa shape index (κ3) is 3.20. The molecule has 6 heteroatoms. The summed E-state index contributed by atoms with van der Waals surface area (Å²) in [6, 6.07) is 11.1. The summed E-state index contributed by atoms with van der Waals surface area (Å²) >= 11 is 6.17. The van der Waals surface area contributed by atoms with Crippen molar-refractivity contribution in [3.63, 3.8) is 0 Å². The second-order valence-corrected chi connectivity index (χ2v) is 5.56. The maximum atomic E-state index is 12.3. The summed E-state index contributed by atoms with van der Waals surface area (Å²) in [5.41, 5.74) is 1.60. The quantitative estimate of drug-likeness (QED) is 0.868. The topological polar surface area (TPSA) is 55.3 Å². The minimum atomic E-state index is -0.340. The molecule has 1 atom stereocenters. The maximum absolute atomic E-state index is 12.3. The molecule has 3 rings (SSSR count). The number of nitrogens with zero attached hydrogens (tertiary/aromatic N) is 3. The lowest BCUT2D eigenvalue weighted by molar-refractivity contribution is 0.0914. The van der Waals surface area contributed by atoms with Gasteiger partial charge in [0.1, 0.15) is 12.3 Å². The lowest BCUT2D eigenvalue weighted by Gasteiger charge is -2.23. The van der Waals surface area contributed by atoms with Gasteiger partial charge in [-0.05, 0) is 24.5 Å². The van der Waals surface area contributed by atoms with Crippen molar-refractivity contribution in [3.8, 4) is 0 Å². The van der Waals surface area contributed by atoms with E-state index >= 15 is 0 Å². The predicted molar refractivity (Wildman–Crippen MR) is 82.4 cm³/mol. The molecule has 1 aromatic carbocycles. The molecule has 0 N–H and O–H groups in total. The van der Waals surface area contributed by atoms with Crippen molar-refractivity contribution in [2.45, 2.75) is 25.5 Å². The molecule has 1 amide bonds. The molecule has 0 radical (unpaired) electrons. The van der Waals surface area contributed by atoms with Crippen LogP contribution < -0.4 is 0 Å². The van der Waals surface area contributed by atoms with Gasteiger partial charge in [0, 0.05) is 6.54 Å². The average Bonchev–Trinajstić information content (AvgIpc) is 3.03. The lowest BCUT2D eigenvalue weighted by Crippen LogP contribution is -2.31. The van der Waals surface area contributed by atoms with Gasteiger partial charge in [-0.3, -0.25) is 4.90 Å². The molecule has 2 aromatic rings. The van der Waals surface area contributed by atoms with Crippen molar-refractivity contribution < 1.29 is 9.53 Å². The lowest BCUT2D eigenvalue weighted by atomic mass is 10.1. The van der Waals surface area contributed by atoms with Gasteiger partial charge in [-0.2, -0.15) is 10.2 Å². The Labute approximate surface area is 133 Å². The molecule has 2 heterocycles. The van der Waals surface area contributed by atoms with E-state index < -0.39 is 0 Å². The van der Waals surface area contributed by atoms with Crippen molar-refractivity contribution in [1.82, 2.24) is 15.1 Å². The highest BCUT2D eigenvalue weighted by Crippen LogP contribution is 2.34. The zero-order chi connectivity index (χ0) is 15.4. The molecule has 1 saturated heterocycles. The minimum absolute atomic E-state index is 0.163. The van der Waals surface area contributed by atoms with Crippen LogP contribution in [0.5, 0.6) is 0 Å². The number of hydrogen-bond acceptors (Lipinski definition) is 4.